The van der Waals surface area contributed by atoms with Gasteiger partial charge in [-0.2, -0.15) is 0 Å². The molecular formula is C13H11BrN2O4. The summed E-state index contributed by atoms with van der Waals surface area (Å²) < 4.78 is 10.7. The Labute approximate surface area is 123 Å². The first-order chi connectivity index (χ1) is 9.54. The Kier molecular flexibility index (Phi) is 4.41. The summed E-state index contributed by atoms with van der Waals surface area (Å²) in [7, 11) is 0. The average Bonchev–Trinajstić information content (AvgIpc) is 2.85. The van der Waals surface area contributed by atoms with E-state index in [1.807, 2.05) is 0 Å². The van der Waals surface area contributed by atoms with Gasteiger partial charge in [0.2, 0.25) is 0 Å². The third-order valence-corrected chi connectivity index (χ3v) is 2.72. The van der Waals surface area contributed by atoms with Gasteiger partial charge in [0.15, 0.2) is 17.0 Å². The summed E-state index contributed by atoms with van der Waals surface area (Å²) in [6.45, 7) is -0.188. The Morgan fingerprint density at radius 1 is 1.20 bits per heavy atom. The van der Waals surface area contributed by atoms with E-state index in [-0.39, 0.29) is 18.3 Å². The molecule has 0 atom stereocenters. The van der Waals surface area contributed by atoms with Crippen molar-refractivity contribution in [3.63, 3.8) is 0 Å². The lowest BCUT2D eigenvalue weighted by Crippen LogP contribution is -2.20. The summed E-state index contributed by atoms with van der Waals surface area (Å²) in [5.41, 5.74) is 5.55. The molecule has 0 saturated carbocycles. The third-order valence-electron chi connectivity index (χ3n) is 2.29. The largest absolute Gasteiger partial charge is 0.484 e. The number of carbonyl (C=O) groups excluding carboxylic acids is 2. The molecule has 0 aliphatic heterocycles. The smallest absolute Gasteiger partial charge is 0.291 e. The van der Waals surface area contributed by atoms with Gasteiger partial charge in [0.1, 0.15) is 5.75 Å². The van der Waals surface area contributed by atoms with Gasteiger partial charge in [-0.15, -0.1) is 0 Å². The number of nitrogens with two attached hydrogens (primary N) is 1. The van der Waals surface area contributed by atoms with E-state index >= 15 is 0 Å². The number of hydrogen-bond acceptors (Lipinski definition) is 4. The number of furan rings is 1. The van der Waals surface area contributed by atoms with Crippen molar-refractivity contribution in [2.45, 2.75) is 0 Å². The van der Waals surface area contributed by atoms with Gasteiger partial charge in [-0.25, -0.2) is 0 Å². The number of hydrogen-bond donors (Lipinski definition) is 2. The Morgan fingerprint density at radius 2 is 1.90 bits per heavy atom. The van der Waals surface area contributed by atoms with E-state index in [0.29, 0.717) is 16.1 Å². The highest BCUT2D eigenvalue weighted by atomic mass is 79.9. The highest BCUT2D eigenvalue weighted by Gasteiger charge is 2.10. The van der Waals surface area contributed by atoms with E-state index in [9.17, 15) is 9.59 Å². The van der Waals surface area contributed by atoms with Crippen molar-refractivity contribution < 1.29 is 18.7 Å². The van der Waals surface area contributed by atoms with Crippen LogP contribution in [-0.4, -0.2) is 18.4 Å². The topological polar surface area (TPSA) is 94.6 Å². The van der Waals surface area contributed by atoms with Crippen molar-refractivity contribution in [1.29, 1.82) is 0 Å². The fourth-order valence-electron chi connectivity index (χ4n) is 1.42. The molecule has 2 aromatic rings. The van der Waals surface area contributed by atoms with E-state index in [1.165, 1.54) is 0 Å². The first kappa shape index (κ1) is 14.1. The van der Waals surface area contributed by atoms with Crippen LogP contribution in [0.25, 0.3) is 0 Å². The lowest BCUT2D eigenvalue weighted by atomic mass is 10.3. The zero-order valence-electron chi connectivity index (χ0n) is 10.3. The van der Waals surface area contributed by atoms with Crippen molar-refractivity contribution in [3.8, 4) is 5.75 Å². The number of halogens is 1. The average molecular weight is 339 g/mol. The number of nitrogens with one attached hydrogen (secondary N) is 1. The predicted molar refractivity (Wildman–Crippen MR) is 75.5 cm³/mol. The molecule has 0 aliphatic carbocycles. The number of benzene rings is 1. The molecule has 3 N–H and O–H groups in total. The lowest BCUT2D eigenvalue weighted by molar-refractivity contribution is -0.119. The maximum Gasteiger partial charge on any atom is 0.291 e. The lowest BCUT2D eigenvalue weighted by Gasteiger charge is -2.06. The molecule has 0 spiro atoms. The van der Waals surface area contributed by atoms with Gasteiger partial charge in [0, 0.05) is 5.69 Å². The molecule has 1 aromatic heterocycles. The van der Waals surface area contributed by atoms with Gasteiger partial charge in [0.25, 0.3) is 11.8 Å². The summed E-state index contributed by atoms with van der Waals surface area (Å²) in [6, 6.07) is 9.73. The molecule has 1 aromatic carbocycles. The number of primary amides is 1. The standard InChI is InChI=1S/C13H11BrN2O4/c14-11-6-5-10(20-11)13(18)16-8-1-3-9(4-2-8)19-7-12(15)17/h1-6H,7H2,(H2,15,17)(H,16,18). The van der Waals surface area contributed by atoms with Gasteiger partial charge in [-0.1, -0.05) is 0 Å². The van der Waals surface area contributed by atoms with Crippen LogP contribution >= 0.6 is 15.9 Å². The molecule has 2 rings (SSSR count). The van der Waals surface area contributed by atoms with Crippen molar-refractivity contribution in [3.05, 3.63) is 46.8 Å². The monoisotopic (exact) mass is 338 g/mol. The SMILES string of the molecule is NC(=O)COc1ccc(NC(=O)c2ccc(Br)o2)cc1. The van der Waals surface area contributed by atoms with Crippen LogP contribution in [0.15, 0.2) is 45.5 Å². The molecule has 104 valence electrons. The quantitative estimate of drug-likeness (QED) is 0.873. The Balaban J connectivity index is 1.96. The van der Waals surface area contributed by atoms with Crippen LogP contribution in [0.1, 0.15) is 10.6 Å². The fourth-order valence-corrected chi connectivity index (χ4v) is 1.72. The number of ether oxygens (including phenoxy) is 1. The van der Waals surface area contributed by atoms with Crippen LogP contribution < -0.4 is 15.8 Å². The Bertz CT molecular complexity index is 622. The predicted octanol–water partition coefficient (Wildman–Crippen LogP) is 2.16. The minimum atomic E-state index is -0.550. The van der Waals surface area contributed by atoms with Gasteiger partial charge >= 0.3 is 0 Å². The van der Waals surface area contributed by atoms with Gasteiger partial charge < -0.3 is 20.2 Å². The van der Waals surface area contributed by atoms with Gasteiger partial charge in [0.05, 0.1) is 0 Å². The van der Waals surface area contributed by atoms with E-state index in [4.69, 9.17) is 14.9 Å². The maximum absolute atomic E-state index is 11.8. The molecule has 0 unspecified atom stereocenters. The summed E-state index contributed by atoms with van der Waals surface area (Å²) in [5, 5.41) is 2.66. The molecule has 2 amide bonds. The minimum absolute atomic E-state index is 0.188. The zero-order chi connectivity index (χ0) is 14.5. The first-order valence-corrected chi connectivity index (χ1v) is 6.42. The van der Waals surface area contributed by atoms with Crippen LogP contribution in [0.2, 0.25) is 0 Å². The fraction of sp³-hybridized carbons (Fsp3) is 0.0769. The molecule has 20 heavy (non-hydrogen) atoms. The normalized spacial score (nSPS) is 10.1. The summed E-state index contributed by atoms with van der Waals surface area (Å²) in [5.74, 6) is -0.222. The Morgan fingerprint density at radius 3 is 2.45 bits per heavy atom. The minimum Gasteiger partial charge on any atom is -0.484 e. The summed E-state index contributed by atoms with van der Waals surface area (Å²) >= 11 is 3.12. The number of anilines is 1. The van der Waals surface area contributed by atoms with Crippen LogP contribution in [0.4, 0.5) is 5.69 Å². The molecule has 0 radical (unpaired) electrons. The second kappa shape index (κ2) is 6.25. The number of rotatable bonds is 5. The Hall–Kier alpha value is -2.28. The zero-order valence-corrected chi connectivity index (χ0v) is 11.8. The van der Waals surface area contributed by atoms with E-state index < -0.39 is 5.91 Å². The molecule has 0 aliphatic rings. The van der Waals surface area contributed by atoms with Crippen LogP contribution in [0.3, 0.4) is 0 Å². The van der Waals surface area contributed by atoms with Gasteiger partial charge in [-0.05, 0) is 52.3 Å². The first-order valence-electron chi connectivity index (χ1n) is 5.62. The highest BCUT2D eigenvalue weighted by Crippen LogP contribution is 2.18. The van der Waals surface area contributed by atoms with Crippen LogP contribution in [0, 0.1) is 0 Å². The number of amides is 2. The van der Waals surface area contributed by atoms with E-state index in [1.54, 1.807) is 36.4 Å². The second-order valence-corrected chi connectivity index (χ2v) is 4.62. The highest BCUT2D eigenvalue weighted by molar-refractivity contribution is 9.10. The number of carbonyl (C=O) groups is 2. The molecule has 6 nitrogen and oxygen atoms in total. The third kappa shape index (κ3) is 3.86. The molecular weight excluding hydrogens is 328 g/mol. The van der Waals surface area contributed by atoms with E-state index in [0.717, 1.165) is 0 Å². The van der Waals surface area contributed by atoms with Gasteiger partial charge in [-0.3, -0.25) is 9.59 Å². The molecule has 0 fully saturated rings. The summed E-state index contributed by atoms with van der Waals surface area (Å²) in [4.78, 5) is 22.4. The van der Waals surface area contributed by atoms with Crippen molar-refractivity contribution >= 4 is 33.4 Å². The van der Waals surface area contributed by atoms with Crippen LogP contribution in [0.5, 0.6) is 5.75 Å². The molecule has 1 heterocycles. The van der Waals surface area contributed by atoms with Crippen molar-refractivity contribution in [2.75, 3.05) is 11.9 Å². The van der Waals surface area contributed by atoms with Crippen molar-refractivity contribution in [1.82, 2.24) is 0 Å². The second-order valence-electron chi connectivity index (χ2n) is 3.84. The van der Waals surface area contributed by atoms with Crippen molar-refractivity contribution in [2.24, 2.45) is 5.73 Å². The summed E-state index contributed by atoms with van der Waals surface area (Å²) in [6.07, 6.45) is 0. The molecule has 0 bridgehead atoms. The molecule has 0 saturated heterocycles. The maximum atomic E-state index is 11.8. The van der Waals surface area contributed by atoms with Crippen LogP contribution in [-0.2, 0) is 4.79 Å². The molecule has 7 heteroatoms. The van der Waals surface area contributed by atoms with E-state index in [2.05, 4.69) is 21.2 Å².